The number of anilines is 1. The minimum absolute atomic E-state index is 0.144. The number of nitrogens with zero attached hydrogens (tertiary/aromatic N) is 2. The fourth-order valence-electron chi connectivity index (χ4n) is 3.91. The third-order valence-corrected chi connectivity index (χ3v) is 7.49. The number of carbonyl (C=O) groups excluding carboxylic acids is 1. The first-order valence-corrected chi connectivity index (χ1v) is 12.7. The fourth-order valence-corrected chi connectivity index (χ4v) is 5.40. The van der Waals surface area contributed by atoms with Crippen LogP contribution in [0.2, 0.25) is 0 Å². The number of thioether (sulfide) groups is 2. The average Bonchev–Trinajstić information content (AvgIpc) is 3.35. The molecular formula is C22H29F2N6O2S2+. The van der Waals surface area contributed by atoms with Crippen molar-refractivity contribution < 1.29 is 23.9 Å². The predicted octanol–water partition coefficient (Wildman–Crippen LogP) is 3.48. The zero-order chi connectivity index (χ0) is 24.8. The number of benzene rings is 2. The van der Waals surface area contributed by atoms with Crippen LogP contribution in [0, 0.1) is 11.6 Å². The summed E-state index contributed by atoms with van der Waals surface area (Å²) in [6.07, 6.45) is 5.79. The maximum absolute atomic E-state index is 14.9. The summed E-state index contributed by atoms with van der Waals surface area (Å²) in [7, 11) is 3.05. The quantitative estimate of drug-likeness (QED) is 0.112. The van der Waals surface area contributed by atoms with Crippen LogP contribution in [0.1, 0.15) is 47.5 Å². The van der Waals surface area contributed by atoms with E-state index < -0.39 is 23.2 Å². The molecule has 2 aromatic rings. The van der Waals surface area contributed by atoms with Gasteiger partial charge in [0.15, 0.2) is 5.69 Å². The van der Waals surface area contributed by atoms with Gasteiger partial charge >= 0.3 is 0 Å². The predicted molar refractivity (Wildman–Crippen MR) is 132 cm³/mol. The first kappa shape index (κ1) is 26.2. The molecule has 0 unspecified atom stereocenters. The summed E-state index contributed by atoms with van der Waals surface area (Å²) in [6.45, 7) is 0. The SMILES string of the molecule is CO[NH2+]c1cc(C(=O)Nc2c(F)cc(C3CCCC3)cc2F)c(S/C(=N/N)N(C)N)cc1SC. The van der Waals surface area contributed by atoms with Gasteiger partial charge < -0.3 is 11.2 Å². The number of hydrazine groups is 1. The van der Waals surface area contributed by atoms with Gasteiger partial charge in [-0.05, 0) is 60.5 Å². The Balaban J connectivity index is 1.98. The number of hydrogen-bond donors (Lipinski definition) is 4. The van der Waals surface area contributed by atoms with Crippen molar-refractivity contribution in [3.63, 3.8) is 0 Å². The lowest BCUT2D eigenvalue weighted by Crippen LogP contribution is -2.76. The molecular weight excluding hydrogens is 482 g/mol. The van der Waals surface area contributed by atoms with E-state index in [1.165, 1.54) is 41.5 Å². The Hall–Kier alpha value is -2.38. The van der Waals surface area contributed by atoms with Crippen molar-refractivity contribution in [2.24, 2.45) is 16.8 Å². The van der Waals surface area contributed by atoms with Gasteiger partial charge in [-0.3, -0.25) is 9.80 Å². The summed E-state index contributed by atoms with van der Waals surface area (Å²) < 4.78 is 29.8. The highest BCUT2D eigenvalue weighted by molar-refractivity contribution is 8.13. The zero-order valence-electron chi connectivity index (χ0n) is 19.2. The van der Waals surface area contributed by atoms with E-state index in [0.29, 0.717) is 16.1 Å². The minimum Gasteiger partial charge on any atom is -0.321 e. The summed E-state index contributed by atoms with van der Waals surface area (Å²) in [4.78, 5) is 19.6. The number of hydrazone groups is 1. The minimum atomic E-state index is -0.806. The number of nitrogens with two attached hydrogens (primary N) is 3. The van der Waals surface area contributed by atoms with Gasteiger partial charge in [0.05, 0.1) is 17.6 Å². The number of nitrogens with one attached hydrogen (secondary N) is 1. The van der Waals surface area contributed by atoms with E-state index in [2.05, 4.69) is 10.4 Å². The van der Waals surface area contributed by atoms with Gasteiger partial charge in [0.25, 0.3) is 5.91 Å². The van der Waals surface area contributed by atoms with Crippen LogP contribution in [-0.2, 0) is 4.84 Å². The average molecular weight is 512 g/mol. The second kappa shape index (κ2) is 11.8. The zero-order valence-corrected chi connectivity index (χ0v) is 20.9. The van der Waals surface area contributed by atoms with Crippen LogP contribution < -0.4 is 22.5 Å². The summed E-state index contributed by atoms with van der Waals surface area (Å²) in [5, 5.41) is 7.50. The second-order valence-electron chi connectivity index (χ2n) is 7.86. The van der Waals surface area contributed by atoms with E-state index in [1.54, 1.807) is 19.2 Å². The Morgan fingerprint density at radius 1 is 1.21 bits per heavy atom. The molecule has 0 heterocycles. The Labute approximate surface area is 205 Å². The maximum atomic E-state index is 14.9. The van der Waals surface area contributed by atoms with Crippen LogP contribution in [0.15, 0.2) is 39.2 Å². The number of rotatable bonds is 7. The van der Waals surface area contributed by atoms with Gasteiger partial charge in [0.2, 0.25) is 5.17 Å². The highest BCUT2D eigenvalue weighted by Crippen LogP contribution is 2.37. The molecule has 1 amide bonds. The molecule has 2 aromatic carbocycles. The van der Waals surface area contributed by atoms with Crippen molar-refractivity contribution in [2.75, 3.05) is 25.7 Å². The molecule has 1 aliphatic carbocycles. The molecule has 7 N–H and O–H groups in total. The van der Waals surface area contributed by atoms with Crippen LogP contribution in [0.3, 0.4) is 0 Å². The lowest BCUT2D eigenvalue weighted by molar-refractivity contribution is -0.831. The number of quaternary nitrogens is 1. The molecule has 184 valence electrons. The molecule has 0 bridgehead atoms. The van der Waals surface area contributed by atoms with E-state index in [1.807, 2.05) is 6.26 Å². The van der Waals surface area contributed by atoms with Crippen molar-refractivity contribution in [1.82, 2.24) is 5.01 Å². The van der Waals surface area contributed by atoms with E-state index >= 15 is 0 Å². The van der Waals surface area contributed by atoms with Crippen molar-refractivity contribution in [3.05, 3.63) is 47.0 Å². The van der Waals surface area contributed by atoms with Crippen LogP contribution in [0.4, 0.5) is 20.2 Å². The Kier molecular flexibility index (Phi) is 9.14. The van der Waals surface area contributed by atoms with Gasteiger partial charge in [-0.15, -0.1) is 11.8 Å². The van der Waals surface area contributed by atoms with Crippen LogP contribution in [0.25, 0.3) is 0 Å². The summed E-state index contributed by atoms with van der Waals surface area (Å²) in [5.74, 6) is 9.05. The van der Waals surface area contributed by atoms with Gasteiger partial charge in [-0.1, -0.05) is 12.8 Å². The first-order valence-electron chi connectivity index (χ1n) is 10.6. The molecule has 0 aromatic heterocycles. The molecule has 34 heavy (non-hydrogen) atoms. The van der Waals surface area contributed by atoms with Crippen molar-refractivity contribution in [2.45, 2.75) is 41.4 Å². The third-order valence-electron chi connectivity index (χ3n) is 5.56. The maximum Gasteiger partial charge on any atom is 0.257 e. The molecule has 0 spiro atoms. The van der Waals surface area contributed by atoms with E-state index in [9.17, 15) is 13.6 Å². The summed E-state index contributed by atoms with van der Waals surface area (Å²) in [5.41, 5.74) is 2.42. The van der Waals surface area contributed by atoms with Crippen molar-refractivity contribution >= 4 is 46.0 Å². The lowest BCUT2D eigenvalue weighted by atomic mass is 9.97. The Morgan fingerprint density at radius 2 is 1.85 bits per heavy atom. The molecule has 1 fully saturated rings. The molecule has 0 saturated heterocycles. The summed E-state index contributed by atoms with van der Waals surface area (Å²) >= 11 is 2.50. The molecule has 12 heteroatoms. The Morgan fingerprint density at radius 3 is 2.38 bits per heavy atom. The van der Waals surface area contributed by atoms with Gasteiger partial charge in [-0.25, -0.2) is 19.5 Å². The lowest BCUT2D eigenvalue weighted by Gasteiger charge is -2.17. The van der Waals surface area contributed by atoms with E-state index in [4.69, 9.17) is 16.5 Å². The van der Waals surface area contributed by atoms with Crippen molar-refractivity contribution in [3.8, 4) is 0 Å². The van der Waals surface area contributed by atoms with Crippen LogP contribution in [-0.4, -0.2) is 36.5 Å². The van der Waals surface area contributed by atoms with Gasteiger partial charge in [0.1, 0.15) is 17.3 Å². The first-order chi connectivity index (χ1) is 16.3. The summed E-state index contributed by atoms with van der Waals surface area (Å²) in [6, 6.07) is 5.96. The van der Waals surface area contributed by atoms with Crippen LogP contribution in [0.5, 0.6) is 0 Å². The van der Waals surface area contributed by atoms with Crippen molar-refractivity contribution in [1.29, 1.82) is 0 Å². The molecule has 0 atom stereocenters. The Bertz CT molecular complexity index is 1050. The highest BCUT2D eigenvalue weighted by Gasteiger charge is 2.25. The molecule has 8 nitrogen and oxygen atoms in total. The van der Waals surface area contributed by atoms with E-state index in [-0.39, 0.29) is 16.6 Å². The smallest absolute Gasteiger partial charge is 0.257 e. The number of amidine groups is 1. The standard InChI is InChI=1S/C22H28F2N6O2S2/c1-30(26)22(28-25)34-18-11-19(33-3)17(29-32-2)10-14(18)21(31)27-20-15(23)8-13(9-16(20)24)12-6-4-5-7-12/h8-12,29H,4-7,25-26H2,1-3H3,(H,27,31)/p+1/b28-22+. The largest absolute Gasteiger partial charge is 0.321 e. The number of halogens is 2. The second-order valence-corrected chi connectivity index (χ2v) is 9.72. The highest BCUT2D eigenvalue weighted by atomic mass is 32.2. The van der Waals surface area contributed by atoms with Gasteiger partial charge in [-0.2, -0.15) is 10.6 Å². The van der Waals surface area contributed by atoms with Crippen LogP contribution >= 0.6 is 23.5 Å². The fraction of sp³-hybridized carbons (Fsp3) is 0.364. The van der Waals surface area contributed by atoms with Gasteiger partial charge in [0, 0.05) is 18.0 Å². The molecule has 0 radical (unpaired) electrons. The number of hydrogen-bond acceptors (Lipinski definition) is 7. The third kappa shape index (κ3) is 5.99. The molecule has 1 aliphatic rings. The number of amides is 1. The topological polar surface area (TPSA) is 123 Å². The normalized spacial score (nSPS) is 14.5. The molecule has 1 saturated carbocycles. The van der Waals surface area contributed by atoms with E-state index in [0.717, 1.165) is 42.3 Å². The monoisotopic (exact) mass is 511 g/mol. The molecule has 0 aliphatic heterocycles. The molecule has 3 rings (SSSR count). The number of carbonyl (C=O) groups is 1.